The summed E-state index contributed by atoms with van der Waals surface area (Å²) >= 11 is 6.91. The quantitative estimate of drug-likeness (QED) is 0.638. The number of halogens is 4. The monoisotopic (exact) mass is 320 g/mol. The summed E-state index contributed by atoms with van der Waals surface area (Å²) < 4.78 is 39.9. The third kappa shape index (κ3) is 2.96. The van der Waals surface area contributed by atoms with Gasteiger partial charge in [-0.1, -0.05) is 29.4 Å². The van der Waals surface area contributed by atoms with E-state index in [0.717, 1.165) is 22.7 Å². The van der Waals surface area contributed by atoms with Gasteiger partial charge in [0, 0.05) is 5.56 Å². The standard InChI is InChI=1S/C11H8ClF3N4S/c1-20-11-18-17-10(9(14)15)19(11)16-5-6-7(12)3-2-4-8(6)13/h2-5,9H,1H3/b16-5-. The average Bonchev–Trinajstić information content (AvgIpc) is 2.81. The Bertz CT molecular complexity index is 624. The molecule has 0 bridgehead atoms. The number of thioether (sulfide) groups is 1. The maximum Gasteiger partial charge on any atom is 0.299 e. The number of hydrogen-bond acceptors (Lipinski definition) is 4. The van der Waals surface area contributed by atoms with Gasteiger partial charge < -0.3 is 0 Å². The maximum absolute atomic E-state index is 13.6. The number of alkyl halides is 2. The van der Waals surface area contributed by atoms with Crippen molar-refractivity contribution < 1.29 is 13.2 Å². The predicted octanol–water partition coefficient (Wildman–Crippen LogP) is 3.61. The molecule has 20 heavy (non-hydrogen) atoms. The molecule has 1 heterocycles. The van der Waals surface area contributed by atoms with Gasteiger partial charge in [0.15, 0.2) is 0 Å². The molecule has 0 spiro atoms. The molecule has 0 radical (unpaired) electrons. The van der Waals surface area contributed by atoms with Gasteiger partial charge >= 0.3 is 0 Å². The second-order valence-corrected chi connectivity index (χ2v) is 4.72. The Hall–Kier alpha value is -1.54. The highest BCUT2D eigenvalue weighted by atomic mass is 35.5. The van der Waals surface area contributed by atoms with Crippen molar-refractivity contribution in [1.82, 2.24) is 14.9 Å². The van der Waals surface area contributed by atoms with Crippen LogP contribution in [-0.2, 0) is 0 Å². The third-order valence-electron chi connectivity index (χ3n) is 2.32. The fraction of sp³-hybridized carbons (Fsp3) is 0.182. The van der Waals surface area contributed by atoms with Crippen LogP contribution in [0.2, 0.25) is 5.02 Å². The van der Waals surface area contributed by atoms with Crippen molar-refractivity contribution in [2.45, 2.75) is 11.6 Å². The minimum absolute atomic E-state index is 0.00939. The summed E-state index contributed by atoms with van der Waals surface area (Å²) in [6, 6.07) is 4.11. The van der Waals surface area contributed by atoms with E-state index in [0.29, 0.717) is 0 Å². The highest BCUT2D eigenvalue weighted by Crippen LogP contribution is 2.22. The Kier molecular flexibility index (Phi) is 4.66. The van der Waals surface area contributed by atoms with E-state index in [1.165, 1.54) is 18.2 Å². The lowest BCUT2D eigenvalue weighted by molar-refractivity contribution is 0.135. The molecule has 0 amide bonds. The molecule has 0 atom stereocenters. The molecule has 0 saturated heterocycles. The van der Waals surface area contributed by atoms with Crippen molar-refractivity contribution in [3.63, 3.8) is 0 Å². The van der Waals surface area contributed by atoms with Crippen LogP contribution in [0.5, 0.6) is 0 Å². The first kappa shape index (κ1) is 14.9. The zero-order valence-electron chi connectivity index (χ0n) is 10.1. The van der Waals surface area contributed by atoms with Gasteiger partial charge in [-0.15, -0.1) is 10.2 Å². The van der Waals surface area contributed by atoms with E-state index in [1.54, 1.807) is 6.26 Å². The summed E-state index contributed by atoms with van der Waals surface area (Å²) in [6.07, 6.45) is -0.134. The number of rotatable bonds is 4. The Morgan fingerprint density at radius 2 is 2.15 bits per heavy atom. The summed E-state index contributed by atoms with van der Waals surface area (Å²) in [6.45, 7) is 0. The van der Waals surface area contributed by atoms with E-state index in [1.807, 2.05) is 0 Å². The van der Waals surface area contributed by atoms with Crippen LogP contribution in [0.1, 0.15) is 17.8 Å². The van der Waals surface area contributed by atoms with Crippen LogP contribution >= 0.6 is 23.4 Å². The maximum atomic E-state index is 13.6. The van der Waals surface area contributed by atoms with Crippen molar-refractivity contribution in [2.24, 2.45) is 5.10 Å². The molecule has 0 saturated carbocycles. The molecule has 4 nitrogen and oxygen atoms in total. The van der Waals surface area contributed by atoms with Crippen molar-refractivity contribution in [1.29, 1.82) is 0 Å². The van der Waals surface area contributed by atoms with Crippen molar-refractivity contribution in [2.75, 3.05) is 6.26 Å². The molecule has 0 N–H and O–H groups in total. The smallest absolute Gasteiger partial charge is 0.206 e. The molecule has 2 rings (SSSR count). The molecule has 2 aromatic rings. The van der Waals surface area contributed by atoms with Gasteiger partial charge in [0.25, 0.3) is 6.43 Å². The molecule has 0 aliphatic rings. The molecule has 1 aromatic carbocycles. The van der Waals surface area contributed by atoms with Crippen LogP contribution in [0.4, 0.5) is 13.2 Å². The van der Waals surface area contributed by atoms with Crippen molar-refractivity contribution >= 4 is 29.6 Å². The average molecular weight is 321 g/mol. The summed E-state index contributed by atoms with van der Waals surface area (Å²) in [7, 11) is 0. The molecule has 0 aliphatic carbocycles. The lowest BCUT2D eigenvalue weighted by atomic mass is 10.2. The van der Waals surface area contributed by atoms with Crippen LogP contribution in [0.25, 0.3) is 0 Å². The number of nitrogens with zero attached hydrogens (tertiary/aromatic N) is 4. The van der Waals surface area contributed by atoms with Gasteiger partial charge in [-0.25, -0.2) is 13.2 Å². The summed E-state index contributed by atoms with van der Waals surface area (Å²) in [5.41, 5.74) is 0.00939. The Balaban J connectivity index is 2.43. The zero-order chi connectivity index (χ0) is 14.7. The van der Waals surface area contributed by atoms with Crippen LogP contribution in [0.15, 0.2) is 28.5 Å². The topological polar surface area (TPSA) is 43.1 Å². The first-order valence-electron chi connectivity index (χ1n) is 5.30. The van der Waals surface area contributed by atoms with Crippen LogP contribution < -0.4 is 0 Å². The lowest BCUT2D eigenvalue weighted by Gasteiger charge is -2.03. The summed E-state index contributed by atoms with van der Waals surface area (Å²) in [5, 5.41) is 11.0. The Labute approximate surface area is 121 Å². The van der Waals surface area contributed by atoms with Crippen molar-refractivity contribution in [3.05, 3.63) is 40.4 Å². The fourth-order valence-electron chi connectivity index (χ4n) is 1.40. The van der Waals surface area contributed by atoms with E-state index in [2.05, 4.69) is 15.3 Å². The molecular formula is C11H8ClF3N4S. The molecule has 1 aromatic heterocycles. The molecule has 0 unspecified atom stereocenters. The van der Waals surface area contributed by atoms with Crippen molar-refractivity contribution in [3.8, 4) is 0 Å². The van der Waals surface area contributed by atoms with Gasteiger partial charge in [-0.3, -0.25) is 0 Å². The van der Waals surface area contributed by atoms with Gasteiger partial charge in [-0.05, 0) is 18.4 Å². The van der Waals surface area contributed by atoms with E-state index >= 15 is 0 Å². The minimum atomic E-state index is -2.84. The number of benzene rings is 1. The van der Waals surface area contributed by atoms with Gasteiger partial charge in [0.05, 0.1) is 11.2 Å². The largest absolute Gasteiger partial charge is 0.299 e. The van der Waals surface area contributed by atoms with E-state index < -0.39 is 18.1 Å². The lowest BCUT2D eigenvalue weighted by Crippen LogP contribution is -2.01. The van der Waals surface area contributed by atoms with Gasteiger partial charge in [0.2, 0.25) is 11.0 Å². The van der Waals surface area contributed by atoms with Gasteiger partial charge in [-0.2, -0.15) is 9.78 Å². The highest BCUT2D eigenvalue weighted by molar-refractivity contribution is 7.98. The van der Waals surface area contributed by atoms with Crippen LogP contribution in [0.3, 0.4) is 0 Å². The van der Waals surface area contributed by atoms with E-state index in [-0.39, 0.29) is 15.7 Å². The zero-order valence-corrected chi connectivity index (χ0v) is 11.7. The Morgan fingerprint density at radius 3 is 2.75 bits per heavy atom. The SMILES string of the molecule is CSc1nnc(C(F)F)n1/N=C\c1c(F)cccc1Cl. The second-order valence-electron chi connectivity index (χ2n) is 3.54. The van der Waals surface area contributed by atoms with Crippen LogP contribution in [-0.4, -0.2) is 27.3 Å². The highest BCUT2D eigenvalue weighted by Gasteiger charge is 2.19. The molecule has 9 heteroatoms. The Morgan fingerprint density at radius 1 is 1.40 bits per heavy atom. The number of hydrogen-bond donors (Lipinski definition) is 0. The molecule has 0 aliphatic heterocycles. The van der Waals surface area contributed by atoms with E-state index in [4.69, 9.17) is 11.6 Å². The second kappa shape index (κ2) is 6.27. The fourth-order valence-corrected chi connectivity index (χ4v) is 2.05. The third-order valence-corrected chi connectivity index (χ3v) is 3.27. The summed E-state index contributed by atoms with van der Waals surface area (Å²) in [4.78, 5) is 0. The first-order chi connectivity index (χ1) is 9.54. The van der Waals surface area contributed by atoms with E-state index in [9.17, 15) is 13.2 Å². The van der Waals surface area contributed by atoms with Crippen LogP contribution in [0, 0.1) is 5.82 Å². The first-order valence-corrected chi connectivity index (χ1v) is 6.90. The minimum Gasteiger partial charge on any atom is -0.206 e. The molecule has 106 valence electrons. The normalized spacial score (nSPS) is 11.7. The summed E-state index contributed by atoms with van der Waals surface area (Å²) in [5.74, 6) is -1.21. The molecular weight excluding hydrogens is 313 g/mol. The number of aromatic nitrogens is 3. The van der Waals surface area contributed by atoms with Gasteiger partial charge in [0.1, 0.15) is 5.82 Å². The molecule has 0 fully saturated rings. The predicted molar refractivity (Wildman–Crippen MR) is 71.2 cm³/mol.